The monoisotopic (exact) mass is 291 g/mol. The lowest BCUT2D eigenvalue weighted by atomic mass is 10.5. The van der Waals surface area contributed by atoms with Crippen molar-refractivity contribution >= 4 is 11.9 Å². The van der Waals surface area contributed by atoms with Gasteiger partial charge in [-0.05, 0) is 13.3 Å². The Bertz CT molecular complexity index is 569. The zero-order valence-corrected chi connectivity index (χ0v) is 12.6. The molecule has 2 aromatic rings. The quantitative estimate of drug-likeness (QED) is 0.760. The number of hydrogen-bond donors (Lipinski definition) is 2. The summed E-state index contributed by atoms with van der Waals surface area (Å²) in [5.41, 5.74) is 0. The van der Waals surface area contributed by atoms with Gasteiger partial charge in [0.25, 0.3) is 0 Å². The normalized spacial score (nSPS) is 10.4. The van der Waals surface area contributed by atoms with Crippen LogP contribution in [0.4, 0.5) is 11.9 Å². The Hall–Kier alpha value is -2.38. The molecule has 0 bridgehead atoms. The van der Waals surface area contributed by atoms with Crippen LogP contribution in [0.2, 0.25) is 0 Å². The van der Waals surface area contributed by atoms with E-state index in [2.05, 4.69) is 30.6 Å². The second-order valence-electron chi connectivity index (χ2n) is 4.45. The predicted molar refractivity (Wildman–Crippen MR) is 80.3 cm³/mol. The standard InChI is InChI=1S/C13H21N7O/c1-4-8-21-13-18-11(14-5-2)17-12(19-13)16-9-10-15-6-7-20(10)3/h6-7H,4-5,8-9H2,1-3H3,(H2,14,16,17,18,19). The van der Waals surface area contributed by atoms with Crippen LogP contribution in [0.5, 0.6) is 6.01 Å². The molecule has 8 nitrogen and oxygen atoms in total. The van der Waals surface area contributed by atoms with Gasteiger partial charge in [-0.25, -0.2) is 4.98 Å². The largest absolute Gasteiger partial charge is 0.463 e. The van der Waals surface area contributed by atoms with Gasteiger partial charge in [-0.15, -0.1) is 0 Å². The highest BCUT2D eigenvalue weighted by Crippen LogP contribution is 2.12. The molecule has 0 aliphatic heterocycles. The minimum absolute atomic E-state index is 0.324. The van der Waals surface area contributed by atoms with Crippen LogP contribution < -0.4 is 15.4 Å². The first-order chi connectivity index (χ1) is 10.2. The third-order valence-corrected chi connectivity index (χ3v) is 2.71. The predicted octanol–water partition coefficient (Wildman–Crippen LogP) is 1.44. The van der Waals surface area contributed by atoms with Crippen molar-refractivity contribution in [1.82, 2.24) is 24.5 Å². The second-order valence-corrected chi connectivity index (χ2v) is 4.45. The van der Waals surface area contributed by atoms with Crippen LogP contribution in [-0.2, 0) is 13.6 Å². The Morgan fingerprint density at radius 3 is 2.52 bits per heavy atom. The molecule has 0 fully saturated rings. The molecular weight excluding hydrogens is 270 g/mol. The summed E-state index contributed by atoms with van der Waals surface area (Å²) in [6.07, 6.45) is 4.55. The summed E-state index contributed by atoms with van der Waals surface area (Å²) in [6, 6.07) is 0.324. The van der Waals surface area contributed by atoms with E-state index in [1.165, 1.54) is 0 Å². The molecule has 8 heteroatoms. The Morgan fingerprint density at radius 2 is 1.90 bits per heavy atom. The van der Waals surface area contributed by atoms with Crippen LogP contribution in [0.1, 0.15) is 26.1 Å². The van der Waals surface area contributed by atoms with Crippen molar-refractivity contribution in [3.05, 3.63) is 18.2 Å². The molecule has 0 saturated heterocycles. The van der Waals surface area contributed by atoms with Crippen molar-refractivity contribution in [1.29, 1.82) is 0 Å². The van der Waals surface area contributed by atoms with E-state index < -0.39 is 0 Å². The Kier molecular flexibility index (Phi) is 5.30. The van der Waals surface area contributed by atoms with Crippen molar-refractivity contribution in [3.63, 3.8) is 0 Å². The smallest absolute Gasteiger partial charge is 0.323 e. The van der Waals surface area contributed by atoms with Crippen molar-refractivity contribution in [2.45, 2.75) is 26.8 Å². The Balaban J connectivity index is 2.09. The number of imidazole rings is 1. The molecule has 0 atom stereocenters. The van der Waals surface area contributed by atoms with E-state index in [0.717, 1.165) is 18.8 Å². The van der Waals surface area contributed by atoms with Gasteiger partial charge in [0.1, 0.15) is 5.82 Å². The molecule has 2 aromatic heterocycles. The van der Waals surface area contributed by atoms with Gasteiger partial charge < -0.3 is 19.9 Å². The fourth-order valence-electron chi connectivity index (χ4n) is 1.66. The summed E-state index contributed by atoms with van der Waals surface area (Å²) >= 11 is 0. The average Bonchev–Trinajstić information content (AvgIpc) is 2.88. The summed E-state index contributed by atoms with van der Waals surface area (Å²) in [6.45, 7) is 5.86. The van der Waals surface area contributed by atoms with E-state index in [1.807, 2.05) is 31.7 Å². The number of nitrogens with one attached hydrogen (secondary N) is 2. The maximum atomic E-state index is 5.48. The first-order valence-corrected chi connectivity index (χ1v) is 7.05. The third kappa shape index (κ3) is 4.30. The van der Waals surface area contributed by atoms with Gasteiger partial charge in [0, 0.05) is 26.0 Å². The molecule has 0 aliphatic rings. The van der Waals surface area contributed by atoms with E-state index in [-0.39, 0.29) is 0 Å². The molecular formula is C13H21N7O. The highest BCUT2D eigenvalue weighted by atomic mass is 16.5. The molecule has 0 aliphatic carbocycles. The molecule has 0 spiro atoms. The van der Waals surface area contributed by atoms with Crippen LogP contribution in [0, 0.1) is 0 Å². The van der Waals surface area contributed by atoms with Crippen LogP contribution in [0.3, 0.4) is 0 Å². The molecule has 2 heterocycles. The van der Waals surface area contributed by atoms with Crippen LogP contribution in [0.15, 0.2) is 12.4 Å². The van der Waals surface area contributed by atoms with Crippen LogP contribution >= 0.6 is 0 Å². The molecule has 114 valence electrons. The summed E-state index contributed by atoms with van der Waals surface area (Å²) < 4.78 is 7.42. The second kappa shape index (κ2) is 7.41. The number of hydrogen-bond acceptors (Lipinski definition) is 7. The molecule has 0 unspecified atom stereocenters. The molecule has 21 heavy (non-hydrogen) atoms. The third-order valence-electron chi connectivity index (χ3n) is 2.71. The summed E-state index contributed by atoms with van der Waals surface area (Å²) in [7, 11) is 1.94. The van der Waals surface area contributed by atoms with E-state index in [4.69, 9.17) is 4.74 Å². The van der Waals surface area contributed by atoms with Crippen LogP contribution in [0.25, 0.3) is 0 Å². The summed E-state index contributed by atoms with van der Waals surface area (Å²) in [5, 5.41) is 6.20. The minimum Gasteiger partial charge on any atom is -0.463 e. The fraction of sp³-hybridized carbons (Fsp3) is 0.538. The number of aryl methyl sites for hydroxylation is 1. The van der Waals surface area contributed by atoms with E-state index in [9.17, 15) is 0 Å². The lowest BCUT2D eigenvalue weighted by Gasteiger charge is -2.09. The molecule has 2 N–H and O–H groups in total. The number of rotatable bonds is 8. The van der Waals surface area contributed by atoms with Gasteiger partial charge in [0.2, 0.25) is 11.9 Å². The SMILES string of the molecule is CCCOc1nc(NCC)nc(NCc2nccn2C)n1. The summed E-state index contributed by atoms with van der Waals surface area (Å²) in [5.74, 6) is 1.87. The maximum Gasteiger partial charge on any atom is 0.323 e. The molecule has 2 rings (SSSR count). The first-order valence-electron chi connectivity index (χ1n) is 7.05. The summed E-state index contributed by atoms with van der Waals surface area (Å²) in [4.78, 5) is 17.0. The number of nitrogens with zero attached hydrogens (tertiary/aromatic N) is 5. The number of ether oxygens (including phenoxy) is 1. The average molecular weight is 291 g/mol. The highest BCUT2D eigenvalue weighted by Gasteiger charge is 2.08. The van der Waals surface area contributed by atoms with Crippen molar-refractivity contribution < 1.29 is 4.74 Å². The fourth-order valence-corrected chi connectivity index (χ4v) is 1.66. The van der Waals surface area contributed by atoms with E-state index >= 15 is 0 Å². The molecule has 0 saturated carbocycles. The van der Waals surface area contributed by atoms with Crippen LogP contribution in [-0.4, -0.2) is 37.7 Å². The lowest BCUT2D eigenvalue weighted by molar-refractivity contribution is 0.292. The lowest BCUT2D eigenvalue weighted by Crippen LogP contribution is -2.12. The van der Waals surface area contributed by atoms with E-state index in [0.29, 0.717) is 31.1 Å². The Labute approximate surface area is 124 Å². The van der Waals surface area contributed by atoms with Gasteiger partial charge in [-0.3, -0.25) is 0 Å². The van der Waals surface area contributed by atoms with Gasteiger partial charge in [-0.2, -0.15) is 15.0 Å². The van der Waals surface area contributed by atoms with Gasteiger partial charge >= 0.3 is 6.01 Å². The topological polar surface area (TPSA) is 89.8 Å². The van der Waals surface area contributed by atoms with Gasteiger partial charge in [-0.1, -0.05) is 6.92 Å². The van der Waals surface area contributed by atoms with E-state index in [1.54, 1.807) is 6.20 Å². The van der Waals surface area contributed by atoms with Crippen molar-refractivity contribution in [2.75, 3.05) is 23.8 Å². The molecule has 0 amide bonds. The highest BCUT2D eigenvalue weighted by molar-refractivity contribution is 5.35. The number of anilines is 2. The maximum absolute atomic E-state index is 5.48. The number of aromatic nitrogens is 5. The first kappa shape index (κ1) is 15.0. The van der Waals surface area contributed by atoms with Gasteiger partial charge in [0.15, 0.2) is 0 Å². The Morgan fingerprint density at radius 1 is 1.14 bits per heavy atom. The minimum atomic E-state index is 0.324. The molecule has 0 aromatic carbocycles. The van der Waals surface area contributed by atoms with Gasteiger partial charge in [0.05, 0.1) is 13.2 Å². The zero-order chi connectivity index (χ0) is 15.1. The zero-order valence-electron chi connectivity index (χ0n) is 12.6. The van der Waals surface area contributed by atoms with Crippen molar-refractivity contribution in [2.24, 2.45) is 7.05 Å². The molecule has 0 radical (unpaired) electrons. The van der Waals surface area contributed by atoms with Crippen molar-refractivity contribution in [3.8, 4) is 6.01 Å².